The van der Waals surface area contributed by atoms with Crippen LogP contribution in [-0.2, 0) is 9.53 Å². The lowest BCUT2D eigenvalue weighted by Gasteiger charge is -2.24. The molecule has 0 atom stereocenters. The predicted molar refractivity (Wildman–Crippen MR) is 51.4 cm³/mol. The van der Waals surface area contributed by atoms with E-state index in [0.29, 0.717) is 5.57 Å². The molecule has 0 aromatic carbocycles. The van der Waals surface area contributed by atoms with Gasteiger partial charge in [0.25, 0.3) is 0 Å². The first-order valence-electron chi connectivity index (χ1n) is 4.55. The van der Waals surface area contributed by atoms with Crippen LogP contribution in [0.5, 0.6) is 0 Å². The van der Waals surface area contributed by atoms with Crippen LogP contribution in [-0.4, -0.2) is 19.0 Å². The van der Waals surface area contributed by atoms with Crippen molar-refractivity contribution in [1.82, 2.24) is 4.84 Å². The number of methoxy groups -OCH3 is 1. The molecule has 1 aliphatic carbocycles. The number of nitrogens with one attached hydrogen (secondary N) is 1. The molecule has 1 N–H and O–H groups in total. The van der Waals surface area contributed by atoms with E-state index in [1.807, 2.05) is 0 Å². The third-order valence-corrected chi connectivity index (χ3v) is 2.61. The summed E-state index contributed by atoms with van der Waals surface area (Å²) in [6.07, 6.45) is -0.170. The Kier molecular flexibility index (Phi) is 3.90. The minimum atomic E-state index is -2.63. The minimum absolute atomic E-state index is 0.0923. The van der Waals surface area contributed by atoms with Crippen molar-refractivity contribution in [2.45, 2.75) is 31.6 Å². The number of rotatable bonds is 2. The van der Waals surface area contributed by atoms with Gasteiger partial charge in [-0.1, -0.05) is 0 Å². The van der Waals surface area contributed by atoms with Gasteiger partial charge in [-0.3, -0.25) is 4.84 Å². The van der Waals surface area contributed by atoms with Gasteiger partial charge >= 0.3 is 5.97 Å². The Hall–Kier alpha value is -0.840. The molecule has 1 aliphatic rings. The van der Waals surface area contributed by atoms with Gasteiger partial charge < -0.3 is 4.74 Å². The lowest BCUT2D eigenvalue weighted by Crippen LogP contribution is -2.24. The summed E-state index contributed by atoms with van der Waals surface area (Å²) in [5.74, 6) is -3.25. The highest BCUT2D eigenvalue weighted by atomic mass is 35.5. The average molecular weight is 240 g/mol. The smallest absolute Gasteiger partial charge is 0.355 e. The summed E-state index contributed by atoms with van der Waals surface area (Å²) in [6.45, 7) is 0. The third kappa shape index (κ3) is 3.06. The van der Waals surface area contributed by atoms with Crippen molar-refractivity contribution in [1.29, 1.82) is 0 Å². The topological polar surface area (TPSA) is 38.3 Å². The van der Waals surface area contributed by atoms with Gasteiger partial charge in [0.2, 0.25) is 5.92 Å². The fraction of sp³-hybridized carbons (Fsp3) is 0.667. The number of carbonyl (C=O) groups excluding carboxylic acids is 1. The van der Waals surface area contributed by atoms with Crippen LogP contribution in [0.25, 0.3) is 0 Å². The van der Waals surface area contributed by atoms with Gasteiger partial charge in [0, 0.05) is 24.6 Å². The first-order valence-corrected chi connectivity index (χ1v) is 4.93. The van der Waals surface area contributed by atoms with Crippen LogP contribution in [0.4, 0.5) is 8.78 Å². The highest BCUT2D eigenvalue weighted by molar-refractivity contribution is 6.17. The van der Waals surface area contributed by atoms with Gasteiger partial charge in [0.1, 0.15) is 5.70 Å². The van der Waals surface area contributed by atoms with Crippen molar-refractivity contribution in [2.75, 3.05) is 7.11 Å². The van der Waals surface area contributed by atoms with Crippen LogP contribution >= 0.6 is 11.8 Å². The number of hydrogen-bond donors (Lipinski definition) is 1. The van der Waals surface area contributed by atoms with E-state index in [2.05, 4.69) is 9.57 Å². The van der Waals surface area contributed by atoms with Crippen LogP contribution in [0.2, 0.25) is 0 Å². The molecule has 0 saturated heterocycles. The van der Waals surface area contributed by atoms with Crippen molar-refractivity contribution in [3.63, 3.8) is 0 Å². The number of alkyl halides is 2. The molecular formula is C9H12ClF2NO2. The van der Waals surface area contributed by atoms with Crippen LogP contribution in [0.1, 0.15) is 25.7 Å². The Bertz CT molecular complexity index is 280. The largest absolute Gasteiger partial charge is 0.464 e. The molecular weight excluding hydrogens is 228 g/mol. The highest BCUT2D eigenvalue weighted by Crippen LogP contribution is 2.36. The van der Waals surface area contributed by atoms with Crippen molar-refractivity contribution >= 4 is 17.7 Å². The summed E-state index contributed by atoms with van der Waals surface area (Å²) in [5, 5.41) is 0. The molecule has 0 spiro atoms. The zero-order valence-corrected chi connectivity index (χ0v) is 9.03. The number of ether oxygens (including phenoxy) is 1. The second-order valence-corrected chi connectivity index (χ2v) is 3.61. The molecule has 0 amide bonds. The van der Waals surface area contributed by atoms with Crippen LogP contribution in [0, 0.1) is 0 Å². The average Bonchev–Trinajstić information content (AvgIpc) is 2.21. The molecule has 15 heavy (non-hydrogen) atoms. The SMILES string of the molecule is COC(=O)C(NCl)=C1CCC(F)(F)CC1. The first kappa shape index (κ1) is 12.2. The second kappa shape index (κ2) is 4.79. The molecule has 0 heterocycles. The Balaban J connectivity index is 2.77. The van der Waals surface area contributed by atoms with E-state index in [0.717, 1.165) is 0 Å². The van der Waals surface area contributed by atoms with Gasteiger partial charge in [-0.05, 0) is 18.4 Å². The quantitative estimate of drug-likeness (QED) is 0.457. The third-order valence-electron chi connectivity index (χ3n) is 2.42. The van der Waals surface area contributed by atoms with E-state index in [-0.39, 0.29) is 31.4 Å². The monoisotopic (exact) mass is 239 g/mol. The van der Waals surface area contributed by atoms with Crippen molar-refractivity contribution in [3.05, 3.63) is 11.3 Å². The Morgan fingerprint density at radius 3 is 2.40 bits per heavy atom. The second-order valence-electron chi connectivity index (χ2n) is 3.42. The molecule has 0 bridgehead atoms. The first-order chi connectivity index (χ1) is 7.00. The molecule has 1 fully saturated rings. The molecule has 0 aliphatic heterocycles. The lowest BCUT2D eigenvalue weighted by molar-refractivity contribution is -0.136. The van der Waals surface area contributed by atoms with Gasteiger partial charge in [-0.25, -0.2) is 13.6 Å². The van der Waals surface area contributed by atoms with Crippen molar-refractivity contribution in [2.24, 2.45) is 0 Å². The van der Waals surface area contributed by atoms with E-state index in [1.54, 1.807) is 0 Å². The predicted octanol–water partition coefficient (Wildman–Crippen LogP) is 2.37. The summed E-state index contributed by atoms with van der Waals surface area (Å²) in [6, 6.07) is 0. The number of hydrogen-bond acceptors (Lipinski definition) is 3. The van der Waals surface area contributed by atoms with Gasteiger partial charge in [0.15, 0.2) is 0 Å². The van der Waals surface area contributed by atoms with Gasteiger partial charge in [-0.15, -0.1) is 0 Å². The maximum Gasteiger partial charge on any atom is 0.355 e. The standard InChI is InChI=1S/C9H12ClF2NO2/c1-15-8(14)7(13-10)6-2-4-9(11,12)5-3-6/h13H,2-5H2,1H3. The Labute approximate surface area is 91.5 Å². The van der Waals surface area contributed by atoms with Crippen molar-refractivity contribution < 1.29 is 18.3 Å². The van der Waals surface area contributed by atoms with Crippen LogP contribution in [0.3, 0.4) is 0 Å². The summed E-state index contributed by atoms with van der Waals surface area (Å²) in [7, 11) is 1.22. The van der Waals surface area contributed by atoms with Crippen molar-refractivity contribution in [3.8, 4) is 0 Å². The Morgan fingerprint density at radius 1 is 1.47 bits per heavy atom. The van der Waals surface area contributed by atoms with E-state index < -0.39 is 11.9 Å². The fourth-order valence-corrected chi connectivity index (χ4v) is 1.73. The fourth-order valence-electron chi connectivity index (χ4n) is 1.52. The minimum Gasteiger partial charge on any atom is -0.464 e. The molecule has 3 nitrogen and oxygen atoms in total. The van der Waals surface area contributed by atoms with E-state index in [4.69, 9.17) is 11.8 Å². The van der Waals surface area contributed by atoms with Gasteiger partial charge in [-0.2, -0.15) is 0 Å². The molecule has 1 rings (SSSR count). The Morgan fingerprint density at radius 2 is 2.00 bits per heavy atom. The number of carbonyl (C=O) groups is 1. The maximum atomic E-state index is 12.8. The highest BCUT2D eigenvalue weighted by Gasteiger charge is 2.34. The van der Waals surface area contributed by atoms with E-state index in [9.17, 15) is 13.6 Å². The number of esters is 1. The van der Waals surface area contributed by atoms with E-state index in [1.165, 1.54) is 7.11 Å². The molecule has 0 radical (unpaired) electrons. The zero-order valence-electron chi connectivity index (χ0n) is 8.28. The normalized spacial score (nSPS) is 19.6. The molecule has 86 valence electrons. The summed E-state index contributed by atoms with van der Waals surface area (Å²) >= 11 is 5.35. The van der Waals surface area contributed by atoms with Crippen LogP contribution in [0.15, 0.2) is 11.3 Å². The van der Waals surface area contributed by atoms with Crippen LogP contribution < -0.4 is 4.84 Å². The lowest BCUT2D eigenvalue weighted by atomic mass is 9.90. The molecule has 0 aromatic rings. The maximum absolute atomic E-state index is 12.8. The summed E-state index contributed by atoms with van der Waals surface area (Å²) in [4.78, 5) is 13.4. The molecule has 0 unspecified atom stereocenters. The molecule has 1 saturated carbocycles. The van der Waals surface area contributed by atoms with Gasteiger partial charge in [0.05, 0.1) is 7.11 Å². The summed E-state index contributed by atoms with van der Waals surface area (Å²) in [5.41, 5.74) is 0.692. The number of halogens is 3. The molecule has 6 heteroatoms. The van der Waals surface area contributed by atoms with E-state index >= 15 is 0 Å². The molecule has 0 aromatic heterocycles. The number of allylic oxidation sites excluding steroid dienone is 1. The zero-order chi connectivity index (χ0) is 11.5. The summed E-state index contributed by atoms with van der Waals surface area (Å²) < 4.78 is 30.1.